The zero-order chi connectivity index (χ0) is 31.1. The Morgan fingerprint density at radius 1 is 1.02 bits per heavy atom. The molecule has 224 valence electrons. The Hall–Kier alpha value is -5.11. The first-order chi connectivity index (χ1) is 20.6. The van der Waals surface area contributed by atoms with Crippen LogP contribution in [0.25, 0.3) is 11.3 Å². The third-order valence-corrected chi connectivity index (χ3v) is 6.50. The lowest BCUT2D eigenvalue weighted by Gasteiger charge is -2.26. The number of anilines is 4. The SMILES string of the molecule is COc1ccccc1-c1noc(C)c1C(=O)NCCNc1cc(NC(=O)c2ccc(NC(C)=O)cc2)c(N([O-])O)cc1Cl. The first-order valence-electron chi connectivity index (χ1n) is 12.9. The summed E-state index contributed by atoms with van der Waals surface area (Å²) in [5.41, 5.74) is 1.96. The molecule has 0 atom stereocenters. The Bertz CT molecular complexity index is 1640. The molecule has 0 aliphatic carbocycles. The lowest BCUT2D eigenvalue weighted by molar-refractivity contribution is -0.114. The Labute approximate surface area is 251 Å². The molecule has 43 heavy (non-hydrogen) atoms. The second kappa shape index (κ2) is 13.7. The van der Waals surface area contributed by atoms with E-state index in [0.29, 0.717) is 34.1 Å². The maximum absolute atomic E-state index is 13.1. The van der Waals surface area contributed by atoms with Gasteiger partial charge in [-0.2, -0.15) is 0 Å². The topological polar surface area (TPSA) is 181 Å². The normalized spacial score (nSPS) is 10.6. The van der Waals surface area contributed by atoms with Crippen LogP contribution in [-0.2, 0) is 4.79 Å². The van der Waals surface area contributed by atoms with Crippen molar-refractivity contribution in [2.45, 2.75) is 13.8 Å². The Morgan fingerprint density at radius 3 is 2.42 bits per heavy atom. The van der Waals surface area contributed by atoms with Gasteiger partial charge in [-0.05, 0) is 55.5 Å². The largest absolute Gasteiger partial charge is 0.733 e. The van der Waals surface area contributed by atoms with Crippen LogP contribution in [0.1, 0.15) is 33.4 Å². The fourth-order valence-electron chi connectivity index (χ4n) is 4.18. The Kier molecular flexibility index (Phi) is 9.83. The van der Waals surface area contributed by atoms with Crippen LogP contribution in [-0.4, -0.2) is 48.3 Å². The number of hydrogen-bond acceptors (Lipinski definition) is 10. The maximum atomic E-state index is 13.1. The van der Waals surface area contributed by atoms with Crippen LogP contribution < -0.4 is 31.2 Å². The van der Waals surface area contributed by atoms with Crippen LogP contribution in [0.5, 0.6) is 5.75 Å². The predicted octanol–water partition coefficient (Wildman–Crippen LogP) is 5.06. The molecule has 0 saturated heterocycles. The van der Waals surface area contributed by atoms with Crippen molar-refractivity contribution >= 4 is 52.1 Å². The summed E-state index contributed by atoms with van der Waals surface area (Å²) < 4.78 is 10.7. The van der Waals surface area contributed by atoms with Crippen molar-refractivity contribution in [3.63, 3.8) is 0 Å². The monoisotopic (exact) mass is 607 g/mol. The number of nitrogens with zero attached hydrogens (tertiary/aromatic N) is 2. The number of amides is 3. The highest BCUT2D eigenvalue weighted by Crippen LogP contribution is 2.35. The summed E-state index contributed by atoms with van der Waals surface area (Å²) >= 11 is 6.31. The first kappa shape index (κ1) is 30.8. The number of methoxy groups -OCH3 is 1. The molecule has 13 nitrogen and oxygen atoms in total. The van der Waals surface area contributed by atoms with Crippen molar-refractivity contribution in [3.8, 4) is 17.0 Å². The Morgan fingerprint density at radius 2 is 1.74 bits per heavy atom. The molecule has 1 heterocycles. The molecule has 4 aromatic rings. The van der Waals surface area contributed by atoms with Gasteiger partial charge in [-0.1, -0.05) is 28.9 Å². The summed E-state index contributed by atoms with van der Waals surface area (Å²) in [5, 5.41) is 36.1. The van der Waals surface area contributed by atoms with Crippen LogP contribution in [0.15, 0.2) is 65.2 Å². The number of aromatic nitrogens is 1. The number of halogens is 1. The van der Waals surface area contributed by atoms with E-state index in [9.17, 15) is 24.8 Å². The van der Waals surface area contributed by atoms with Gasteiger partial charge in [-0.25, -0.2) is 0 Å². The van der Waals surface area contributed by atoms with Crippen LogP contribution in [0.2, 0.25) is 5.02 Å². The third-order valence-electron chi connectivity index (χ3n) is 6.19. The van der Waals surface area contributed by atoms with Crippen LogP contribution in [0, 0.1) is 12.1 Å². The molecule has 0 aliphatic rings. The maximum Gasteiger partial charge on any atom is 0.257 e. The molecule has 14 heteroatoms. The van der Waals surface area contributed by atoms with Gasteiger partial charge in [0.25, 0.3) is 11.8 Å². The van der Waals surface area contributed by atoms with Crippen molar-refractivity contribution in [2.24, 2.45) is 0 Å². The van der Waals surface area contributed by atoms with Crippen LogP contribution >= 0.6 is 11.6 Å². The third kappa shape index (κ3) is 7.40. The zero-order valence-electron chi connectivity index (χ0n) is 23.4. The molecule has 0 saturated carbocycles. The van der Waals surface area contributed by atoms with Crippen molar-refractivity contribution < 1.29 is 28.9 Å². The van der Waals surface area contributed by atoms with Crippen LogP contribution in [0.3, 0.4) is 0 Å². The van der Waals surface area contributed by atoms with Gasteiger partial charge < -0.3 is 41.0 Å². The van der Waals surface area contributed by atoms with Crippen molar-refractivity contribution in [2.75, 3.05) is 41.4 Å². The van der Waals surface area contributed by atoms with E-state index in [1.54, 1.807) is 43.3 Å². The van der Waals surface area contributed by atoms with E-state index in [4.69, 9.17) is 20.9 Å². The molecule has 3 aromatic carbocycles. The number of benzene rings is 3. The van der Waals surface area contributed by atoms with E-state index in [1.165, 1.54) is 38.3 Å². The number of para-hydroxylation sites is 1. The first-order valence-corrected chi connectivity index (χ1v) is 13.3. The summed E-state index contributed by atoms with van der Waals surface area (Å²) in [5.74, 6) is -0.377. The van der Waals surface area contributed by atoms with Gasteiger partial charge >= 0.3 is 0 Å². The number of carbonyl (C=O) groups is 3. The second-order valence-corrected chi connectivity index (χ2v) is 9.59. The minimum atomic E-state index is -0.576. The highest BCUT2D eigenvalue weighted by atomic mass is 35.5. The standard InChI is InChI=1S/C29H28ClN6O7/c1-16-26(27(35-43-16)20-6-4-5-7-25(20)42-3)29(39)32-13-12-31-22-15-23(24(36(40)41)14-21(22)30)34-28(38)18-8-10-19(11-9-18)33-17(2)37/h4-11,14-15,31,40H,12-13H2,1-3H3,(H,32,39)(H,33,37)(H,34,38)/q-1. The number of carbonyl (C=O) groups excluding carboxylic acids is 3. The van der Waals surface area contributed by atoms with E-state index in [1.807, 2.05) is 0 Å². The van der Waals surface area contributed by atoms with Gasteiger partial charge in [0.1, 0.15) is 22.8 Å². The van der Waals surface area contributed by atoms with E-state index in [0.717, 1.165) is 0 Å². The Balaban J connectivity index is 1.43. The predicted molar refractivity (Wildman–Crippen MR) is 162 cm³/mol. The molecule has 0 spiro atoms. The molecule has 0 bridgehead atoms. The van der Waals surface area contributed by atoms with Gasteiger partial charge in [0.15, 0.2) is 0 Å². The van der Waals surface area contributed by atoms with E-state index >= 15 is 0 Å². The molecule has 0 fully saturated rings. The fourth-order valence-corrected chi connectivity index (χ4v) is 4.41. The molecular weight excluding hydrogens is 580 g/mol. The lowest BCUT2D eigenvalue weighted by Crippen LogP contribution is -2.29. The smallest absolute Gasteiger partial charge is 0.257 e. The quantitative estimate of drug-likeness (QED) is 0.114. The van der Waals surface area contributed by atoms with Gasteiger partial charge in [-0.15, -0.1) is 0 Å². The van der Waals surface area contributed by atoms with E-state index < -0.39 is 17.0 Å². The van der Waals surface area contributed by atoms with Crippen molar-refractivity contribution in [1.29, 1.82) is 0 Å². The average Bonchev–Trinajstić information content (AvgIpc) is 3.37. The summed E-state index contributed by atoms with van der Waals surface area (Å²) in [6.45, 7) is 3.36. The number of nitrogens with one attached hydrogen (secondary N) is 4. The summed E-state index contributed by atoms with van der Waals surface area (Å²) in [6, 6.07) is 15.8. The fraction of sp³-hybridized carbons (Fsp3) is 0.172. The van der Waals surface area contributed by atoms with E-state index in [2.05, 4.69) is 26.4 Å². The van der Waals surface area contributed by atoms with Gasteiger partial charge in [0, 0.05) is 36.8 Å². The molecule has 3 amide bonds. The molecule has 5 N–H and O–H groups in total. The highest BCUT2D eigenvalue weighted by Gasteiger charge is 2.23. The zero-order valence-corrected chi connectivity index (χ0v) is 24.1. The van der Waals surface area contributed by atoms with Crippen LogP contribution in [0.4, 0.5) is 22.7 Å². The average molecular weight is 608 g/mol. The van der Waals surface area contributed by atoms with E-state index in [-0.39, 0.29) is 46.5 Å². The number of aryl methyl sites for hydroxylation is 1. The molecule has 0 aliphatic heterocycles. The second-order valence-electron chi connectivity index (χ2n) is 9.18. The number of rotatable bonds is 11. The minimum Gasteiger partial charge on any atom is -0.733 e. The van der Waals surface area contributed by atoms with Gasteiger partial charge in [0.05, 0.1) is 29.2 Å². The van der Waals surface area contributed by atoms with Gasteiger partial charge in [0.2, 0.25) is 5.91 Å². The van der Waals surface area contributed by atoms with Gasteiger partial charge in [-0.3, -0.25) is 19.6 Å². The molecule has 1 aromatic heterocycles. The summed E-state index contributed by atoms with van der Waals surface area (Å²) in [6.07, 6.45) is 0. The lowest BCUT2D eigenvalue weighted by atomic mass is 10.0. The molecule has 0 radical (unpaired) electrons. The molecule has 0 unspecified atom stereocenters. The minimum absolute atomic E-state index is 0.0223. The van der Waals surface area contributed by atoms with Crippen molar-refractivity contribution in [1.82, 2.24) is 10.5 Å². The summed E-state index contributed by atoms with van der Waals surface area (Å²) in [4.78, 5) is 37.1. The summed E-state index contributed by atoms with van der Waals surface area (Å²) in [7, 11) is 1.52. The van der Waals surface area contributed by atoms with Crippen molar-refractivity contribution in [3.05, 3.63) is 87.8 Å². The number of hydrogen-bond donors (Lipinski definition) is 5. The molecule has 4 rings (SSSR count). The molecular formula is C29H28ClN6O7-. The highest BCUT2D eigenvalue weighted by molar-refractivity contribution is 6.34. The number of ether oxygens (including phenoxy) is 1.